The van der Waals surface area contributed by atoms with Crippen LogP contribution in [-0.2, 0) is 4.74 Å². The molecule has 124 valence electrons. The third-order valence-electron chi connectivity index (χ3n) is 4.35. The molecule has 21 heavy (non-hydrogen) atoms. The van der Waals surface area contributed by atoms with E-state index in [0.717, 1.165) is 19.1 Å². The van der Waals surface area contributed by atoms with Crippen LogP contribution >= 0.6 is 0 Å². The molecular weight excluding hydrogens is 264 g/mol. The quantitative estimate of drug-likeness (QED) is 0.364. The maximum absolute atomic E-state index is 8.67. The molecule has 0 aromatic rings. The van der Waals surface area contributed by atoms with E-state index in [2.05, 4.69) is 26.8 Å². The predicted octanol–water partition coefficient (Wildman–Crippen LogP) is -0.839. The molecule has 1 atom stereocenters. The lowest BCUT2D eigenvalue weighted by Crippen LogP contribution is -3.28. The van der Waals surface area contributed by atoms with E-state index < -0.39 is 0 Å². The number of aliphatic hydroxyl groups excluding tert-OH is 1. The molecule has 1 fully saturated rings. The van der Waals surface area contributed by atoms with Gasteiger partial charge in [-0.15, -0.1) is 0 Å². The third kappa shape index (κ3) is 9.25. The fourth-order valence-electron chi connectivity index (χ4n) is 3.05. The van der Waals surface area contributed by atoms with Crippen molar-refractivity contribution < 1.29 is 19.6 Å². The Morgan fingerprint density at radius 2 is 1.81 bits per heavy atom. The van der Waals surface area contributed by atoms with Crippen molar-refractivity contribution in [2.75, 3.05) is 59.1 Å². The van der Waals surface area contributed by atoms with Gasteiger partial charge in [-0.2, -0.15) is 0 Å². The Labute approximate surface area is 130 Å². The molecule has 0 radical (unpaired) electrons. The SMILES string of the molecule is CC(C)=CCC[C@H](C)C[NH+]1CC[NH+](CCOCCO)CC1. The molecule has 0 amide bonds. The number of rotatable bonds is 10. The first-order chi connectivity index (χ1) is 10.1. The van der Waals surface area contributed by atoms with E-state index in [0.29, 0.717) is 6.61 Å². The molecule has 0 aromatic heterocycles. The first-order valence-electron chi connectivity index (χ1n) is 8.61. The molecule has 3 N–H and O–H groups in total. The van der Waals surface area contributed by atoms with Crippen LogP contribution in [0.1, 0.15) is 33.6 Å². The lowest BCUT2D eigenvalue weighted by Gasteiger charge is -2.31. The van der Waals surface area contributed by atoms with Crippen LogP contribution in [0.3, 0.4) is 0 Å². The third-order valence-corrected chi connectivity index (χ3v) is 4.35. The molecule has 0 spiro atoms. The lowest BCUT2D eigenvalue weighted by molar-refractivity contribution is -1.01. The largest absolute Gasteiger partial charge is 0.394 e. The number of quaternary nitrogens is 2. The van der Waals surface area contributed by atoms with Crippen LogP contribution in [0.4, 0.5) is 0 Å². The zero-order valence-corrected chi connectivity index (χ0v) is 14.3. The lowest BCUT2D eigenvalue weighted by atomic mass is 10.0. The first kappa shape index (κ1) is 18.6. The van der Waals surface area contributed by atoms with Crippen molar-refractivity contribution in [1.82, 2.24) is 0 Å². The summed E-state index contributed by atoms with van der Waals surface area (Å²) in [5.74, 6) is 0.824. The second-order valence-corrected chi connectivity index (χ2v) is 6.75. The van der Waals surface area contributed by atoms with Crippen LogP contribution in [0.2, 0.25) is 0 Å². The molecule has 1 rings (SSSR count). The van der Waals surface area contributed by atoms with Crippen molar-refractivity contribution in [2.45, 2.75) is 33.6 Å². The maximum Gasteiger partial charge on any atom is 0.127 e. The van der Waals surface area contributed by atoms with Gasteiger partial charge in [0, 0.05) is 5.92 Å². The summed E-state index contributed by atoms with van der Waals surface area (Å²) >= 11 is 0. The fourth-order valence-corrected chi connectivity index (χ4v) is 3.05. The molecule has 0 unspecified atom stereocenters. The molecule has 0 saturated carbocycles. The number of allylic oxidation sites excluding steroid dienone is 2. The summed E-state index contributed by atoms with van der Waals surface area (Å²) in [4.78, 5) is 3.44. The van der Waals surface area contributed by atoms with Crippen LogP contribution < -0.4 is 9.80 Å². The minimum absolute atomic E-state index is 0.137. The molecule has 1 heterocycles. The highest BCUT2D eigenvalue weighted by Crippen LogP contribution is 2.05. The summed E-state index contributed by atoms with van der Waals surface area (Å²) in [7, 11) is 0. The van der Waals surface area contributed by atoms with Gasteiger partial charge >= 0.3 is 0 Å². The van der Waals surface area contributed by atoms with Gasteiger partial charge < -0.3 is 19.6 Å². The second kappa shape index (κ2) is 11.2. The second-order valence-electron chi connectivity index (χ2n) is 6.75. The summed E-state index contributed by atoms with van der Waals surface area (Å²) in [6.07, 6.45) is 4.91. The molecule has 0 bridgehead atoms. The average Bonchev–Trinajstić information content (AvgIpc) is 2.45. The summed E-state index contributed by atoms with van der Waals surface area (Å²) in [6.45, 7) is 15.7. The van der Waals surface area contributed by atoms with Gasteiger partial charge in [0.1, 0.15) is 32.7 Å². The van der Waals surface area contributed by atoms with Crippen molar-refractivity contribution in [1.29, 1.82) is 0 Å². The van der Waals surface area contributed by atoms with Gasteiger partial charge in [-0.25, -0.2) is 0 Å². The Morgan fingerprint density at radius 1 is 1.14 bits per heavy atom. The van der Waals surface area contributed by atoms with Crippen LogP contribution in [0.5, 0.6) is 0 Å². The zero-order valence-electron chi connectivity index (χ0n) is 14.3. The standard InChI is InChI=1S/C17H34N2O2/c1-16(2)5-4-6-17(3)15-19-9-7-18(8-10-19)11-13-21-14-12-20/h5,17,20H,4,6-15H2,1-3H3/p+2/t17-/m0/s1. The molecule has 1 aliphatic heterocycles. The van der Waals surface area contributed by atoms with Gasteiger partial charge in [0.05, 0.1) is 26.4 Å². The summed E-state index contributed by atoms with van der Waals surface area (Å²) < 4.78 is 5.36. The van der Waals surface area contributed by atoms with Gasteiger partial charge in [0.2, 0.25) is 0 Å². The Bertz CT molecular complexity index is 283. The molecule has 1 saturated heterocycles. The molecular formula is C17H36N2O2+2. The van der Waals surface area contributed by atoms with E-state index in [1.165, 1.54) is 51.1 Å². The van der Waals surface area contributed by atoms with Crippen LogP contribution in [0.15, 0.2) is 11.6 Å². The Balaban J connectivity index is 2.08. The van der Waals surface area contributed by atoms with Gasteiger partial charge in [-0.05, 0) is 26.7 Å². The van der Waals surface area contributed by atoms with E-state index in [4.69, 9.17) is 9.84 Å². The fraction of sp³-hybridized carbons (Fsp3) is 0.882. The Morgan fingerprint density at radius 3 is 2.43 bits per heavy atom. The molecule has 4 nitrogen and oxygen atoms in total. The first-order valence-corrected chi connectivity index (χ1v) is 8.61. The van der Waals surface area contributed by atoms with Crippen LogP contribution in [-0.4, -0.2) is 64.2 Å². The maximum atomic E-state index is 8.67. The number of nitrogens with one attached hydrogen (secondary N) is 2. The Hall–Kier alpha value is -0.420. The van der Waals surface area contributed by atoms with Gasteiger partial charge in [-0.3, -0.25) is 0 Å². The minimum atomic E-state index is 0.137. The number of hydrogen-bond acceptors (Lipinski definition) is 2. The van der Waals surface area contributed by atoms with E-state index in [1.807, 2.05) is 0 Å². The van der Waals surface area contributed by atoms with E-state index in [-0.39, 0.29) is 6.61 Å². The van der Waals surface area contributed by atoms with Crippen molar-refractivity contribution in [3.8, 4) is 0 Å². The van der Waals surface area contributed by atoms with Crippen molar-refractivity contribution in [3.63, 3.8) is 0 Å². The molecule has 1 aliphatic rings. The van der Waals surface area contributed by atoms with Gasteiger partial charge in [-0.1, -0.05) is 18.6 Å². The molecule has 4 heteroatoms. The number of hydrogen-bond donors (Lipinski definition) is 3. The highest BCUT2D eigenvalue weighted by molar-refractivity contribution is 4.92. The number of piperazine rings is 1. The summed E-state index contributed by atoms with van der Waals surface area (Å²) in [5, 5.41) is 8.67. The van der Waals surface area contributed by atoms with Gasteiger partial charge in [0.25, 0.3) is 0 Å². The van der Waals surface area contributed by atoms with E-state index >= 15 is 0 Å². The van der Waals surface area contributed by atoms with Gasteiger partial charge in [0.15, 0.2) is 0 Å². The molecule has 0 aromatic carbocycles. The van der Waals surface area contributed by atoms with Crippen LogP contribution in [0.25, 0.3) is 0 Å². The normalized spacial score (nSPS) is 23.8. The average molecular weight is 300 g/mol. The topological polar surface area (TPSA) is 38.3 Å². The smallest absolute Gasteiger partial charge is 0.127 e. The number of aliphatic hydroxyl groups is 1. The van der Waals surface area contributed by atoms with Crippen molar-refractivity contribution in [3.05, 3.63) is 11.6 Å². The minimum Gasteiger partial charge on any atom is -0.394 e. The monoisotopic (exact) mass is 300 g/mol. The Kier molecular flexibility index (Phi) is 9.92. The highest BCUT2D eigenvalue weighted by atomic mass is 16.5. The highest BCUT2D eigenvalue weighted by Gasteiger charge is 2.23. The summed E-state index contributed by atoms with van der Waals surface area (Å²) in [6, 6.07) is 0. The van der Waals surface area contributed by atoms with Crippen LogP contribution in [0, 0.1) is 5.92 Å². The number of ether oxygens (including phenoxy) is 1. The summed E-state index contributed by atoms with van der Waals surface area (Å²) in [5.41, 5.74) is 1.44. The zero-order chi connectivity index (χ0) is 15.5. The predicted molar refractivity (Wildman–Crippen MR) is 86.9 cm³/mol. The van der Waals surface area contributed by atoms with Crippen molar-refractivity contribution >= 4 is 0 Å². The van der Waals surface area contributed by atoms with E-state index in [1.54, 1.807) is 9.80 Å². The van der Waals surface area contributed by atoms with Crippen molar-refractivity contribution in [2.24, 2.45) is 5.92 Å². The molecule has 0 aliphatic carbocycles. The van der Waals surface area contributed by atoms with E-state index in [9.17, 15) is 0 Å².